The van der Waals surface area contributed by atoms with E-state index in [2.05, 4.69) is 19.8 Å². The molecule has 2 aromatic carbocycles. The lowest BCUT2D eigenvalue weighted by Gasteiger charge is -2.30. The van der Waals surface area contributed by atoms with Gasteiger partial charge < -0.3 is 14.4 Å². The number of hydrogen-bond donors (Lipinski definition) is 1. The van der Waals surface area contributed by atoms with Crippen molar-refractivity contribution in [3.63, 3.8) is 0 Å². The molecule has 1 amide bonds. The quantitative estimate of drug-likeness (QED) is 0.287. The number of amides is 1. The van der Waals surface area contributed by atoms with E-state index in [1.807, 2.05) is 0 Å². The summed E-state index contributed by atoms with van der Waals surface area (Å²) in [5.41, 5.74) is -1.54. The molecule has 0 spiro atoms. The number of carbonyl (C=O) groups is 1. The number of carbonyl (C=O) groups excluding carboxylic acids is 1. The molecule has 0 radical (unpaired) electrons. The van der Waals surface area contributed by atoms with Crippen molar-refractivity contribution in [3.05, 3.63) is 83.7 Å². The Morgan fingerprint density at radius 2 is 1.45 bits per heavy atom. The minimum Gasteiger partial charge on any atom is -0.406 e. The third-order valence-electron chi connectivity index (χ3n) is 6.44. The van der Waals surface area contributed by atoms with Crippen molar-refractivity contribution >= 4 is 11.6 Å². The maximum atomic E-state index is 13.7. The molecular formula is C27H22F9N3O3. The molecular weight excluding hydrogens is 585 g/mol. The summed E-state index contributed by atoms with van der Waals surface area (Å²) in [5.74, 6) is -1.69. The highest BCUT2D eigenvalue weighted by atomic mass is 19.4. The zero-order chi connectivity index (χ0) is 31.1. The average molecular weight is 607 g/mol. The summed E-state index contributed by atoms with van der Waals surface area (Å²) in [6.07, 6.45) is -13.6. The normalized spacial score (nSPS) is 18.4. The van der Waals surface area contributed by atoms with E-state index in [1.165, 1.54) is 35.2 Å². The molecule has 0 aliphatic carbocycles. The van der Waals surface area contributed by atoms with Gasteiger partial charge in [-0.3, -0.25) is 15.1 Å². The molecule has 1 N–H and O–H groups in total. The van der Waals surface area contributed by atoms with Crippen molar-refractivity contribution in [1.82, 2.24) is 10.3 Å². The van der Waals surface area contributed by atoms with Gasteiger partial charge in [0.15, 0.2) is 0 Å². The van der Waals surface area contributed by atoms with Crippen LogP contribution in [0, 0.1) is 0 Å². The zero-order valence-electron chi connectivity index (χ0n) is 21.7. The molecule has 1 aliphatic rings. The Kier molecular flexibility index (Phi) is 8.10. The Morgan fingerprint density at radius 1 is 0.833 bits per heavy atom. The minimum atomic E-state index is -4.98. The van der Waals surface area contributed by atoms with Gasteiger partial charge in [0.05, 0.1) is 12.1 Å². The second kappa shape index (κ2) is 11.0. The van der Waals surface area contributed by atoms with Gasteiger partial charge >= 0.3 is 18.9 Å². The molecule has 226 valence electrons. The third kappa shape index (κ3) is 7.43. The number of rotatable bonds is 7. The number of nitrogens with zero attached hydrogens (tertiary/aromatic N) is 2. The Morgan fingerprint density at radius 3 is 2.00 bits per heavy atom. The number of nitrogens with one attached hydrogen (secondary N) is 1. The first-order valence-corrected chi connectivity index (χ1v) is 12.2. The number of alkyl halides is 9. The monoisotopic (exact) mass is 607 g/mol. The van der Waals surface area contributed by atoms with Gasteiger partial charge in [-0.2, -0.15) is 13.2 Å². The van der Waals surface area contributed by atoms with Crippen LogP contribution in [-0.4, -0.2) is 29.7 Å². The SMILES string of the molecule is CC(C)(NC1CC(c2cccc(OC(F)(F)F)c2)N(c2ccc(OC(F)(F)F)cc2)C1=O)c1ccc(C(F)(F)F)nc1. The van der Waals surface area contributed by atoms with Crippen molar-refractivity contribution in [3.8, 4) is 11.5 Å². The Balaban J connectivity index is 1.67. The number of pyridine rings is 1. The number of aromatic nitrogens is 1. The van der Waals surface area contributed by atoms with Crippen LogP contribution in [0.4, 0.5) is 45.2 Å². The lowest BCUT2D eigenvalue weighted by Crippen LogP contribution is -2.47. The highest BCUT2D eigenvalue weighted by Gasteiger charge is 2.44. The molecule has 42 heavy (non-hydrogen) atoms. The van der Waals surface area contributed by atoms with E-state index >= 15 is 0 Å². The lowest BCUT2D eigenvalue weighted by atomic mass is 9.93. The minimum absolute atomic E-state index is 0.0212. The third-order valence-corrected chi connectivity index (χ3v) is 6.44. The first-order chi connectivity index (χ1) is 19.3. The fourth-order valence-corrected chi connectivity index (χ4v) is 4.64. The van der Waals surface area contributed by atoms with Crippen LogP contribution in [0.1, 0.15) is 43.1 Å². The summed E-state index contributed by atoms with van der Waals surface area (Å²) < 4.78 is 123. The molecule has 2 atom stereocenters. The first-order valence-electron chi connectivity index (χ1n) is 12.2. The van der Waals surface area contributed by atoms with Crippen LogP contribution in [-0.2, 0) is 16.5 Å². The molecule has 0 saturated carbocycles. The van der Waals surface area contributed by atoms with E-state index < -0.39 is 59.6 Å². The fourth-order valence-electron chi connectivity index (χ4n) is 4.64. The maximum absolute atomic E-state index is 13.7. The van der Waals surface area contributed by atoms with E-state index in [4.69, 9.17) is 0 Å². The summed E-state index contributed by atoms with van der Waals surface area (Å²) in [6.45, 7) is 3.20. The Bertz CT molecular complexity index is 1400. The van der Waals surface area contributed by atoms with Gasteiger partial charge in [-0.1, -0.05) is 18.2 Å². The lowest BCUT2D eigenvalue weighted by molar-refractivity contribution is -0.275. The van der Waals surface area contributed by atoms with E-state index in [9.17, 15) is 44.3 Å². The molecule has 1 aliphatic heterocycles. The maximum Gasteiger partial charge on any atom is 0.573 e. The largest absolute Gasteiger partial charge is 0.573 e. The second-order valence-electron chi connectivity index (χ2n) is 9.87. The van der Waals surface area contributed by atoms with E-state index in [1.54, 1.807) is 13.8 Å². The molecule has 2 unspecified atom stereocenters. The van der Waals surface area contributed by atoms with E-state index in [-0.39, 0.29) is 17.7 Å². The zero-order valence-corrected chi connectivity index (χ0v) is 21.7. The van der Waals surface area contributed by atoms with Gasteiger partial charge in [0.1, 0.15) is 17.2 Å². The summed E-state index contributed by atoms with van der Waals surface area (Å²) in [4.78, 5) is 18.3. The molecule has 1 saturated heterocycles. The number of anilines is 1. The van der Waals surface area contributed by atoms with Crippen molar-refractivity contribution < 1.29 is 53.8 Å². The van der Waals surface area contributed by atoms with Gasteiger partial charge in [0.2, 0.25) is 5.91 Å². The predicted octanol–water partition coefficient (Wildman–Crippen LogP) is 7.27. The van der Waals surface area contributed by atoms with Crippen molar-refractivity contribution in [2.75, 3.05) is 4.90 Å². The molecule has 15 heteroatoms. The van der Waals surface area contributed by atoms with Gasteiger partial charge in [0, 0.05) is 17.4 Å². The van der Waals surface area contributed by atoms with Crippen molar-refractivity contribution in [1.29, 1.82) is 0 Å². The summed E-state index contributed by atoms with van der Waals surface area (Å²) in [7, 11) is 0. The summed E-state index contributed by atoms with van der Waals surface area (Å²) in [5, 5.41) is 3.08. The van der Waals surface area contributed by atoms with Crippen LogP contribution < -0.4 is 19.7 Å². The highest BCUT2D eigenvalue weighted by molar-refractivity contribution is 6.00. The Labute approximate surface area is 233 Å². The van der Waals surface area contributed by atoms with Gasteiger partial charge in [-0.15, -0.1) is 26.3 Å². The average Bonchev–Trinajstić information content (AvgIpc) is 3.17. The van der Waals surface area contributed by atoms with Gasteiger partial charge in [0.25, 0.3) is 0 Å². The van der Waals surface area contributed by atoms with Crippen LogP contribution in [0.15, 0.2) is 66.9 Å². The molecule has 6 nitrogen and oxygen atoms in total. The van der Waals surface area contributed by atoms with E-state index in [0.29, 0.717) is 5.56 Å². The van der Waals surface area contributed by atoms with Crippen molar-refractivity contribution in [2.24, 2.45) is 0 Å². The second-order valence-corrected chi connectivity index (χ2v) is 9.87. The van der Waals surface area contributed by atoms with Crippen LogP contribution >= 0.6 is 0 Å². The van der Waals surface area contributed by atoms with Crippen molar-refractivity contribution in [2.45, 2.75) is 56.8 Å². The molecule has 1 fully saturated rings. The van der Waals surface area contributed by atoms with Crippen LogP contribution in [0.2, 0.25) is 0 Å². The highest BCUT2D eigenvalue weighted by Crippen LogP contribution is 2.41. The molecule has 1 aromatic heterocycles. The molecule has 3 aromatic rings. The van der Waals surface area contributed by atoms with E-state index in [0.717, 1.165) is 36.5 Å². The fraction of sp³-hybridized carbons (Fsp3) is 0.333. The van der Waals surface area contributed by atoms with Gasteiger partial charge in [-0.05, 0) is 73.9 Å². The smallest absolute Gasteiger partial charge is 0.406 e. The molecule has 2 heterocycles. The van der Waals surface area contributed by atoms with Crippen LogP contribution in [0.5, 0.6) is 11.5 Å². The summed E-state index contributed by atoms with van der Waals surface area (Å²) >= 11 is 0. The molecule has 4 rings (SSSR count). The number of hydrogen-bond acceptors (Lipinski definition) is 5. The van der Waals surface area contributed by atoms with Crippen LogP contribution in [0.3, 0.4) is 0 Å². The standard InChI is InChI=1S/C27H22F9N3O3/c1-24(2,16-6-11-22(37-14-16)25(28,29)30)38-20-13-21(15-4-3-5-19(12-15)42-27(34,35)36)39(23(20)40)17-7-9-18(10-8-17)41-26(31,32)33/h3-12,14,20-21,38H,13H2,1-2H3. The Hall–Kier alpha value is -4.01. The van der Waals surface area contributed by atoms with Gasteiger partial charge in [-0.25, -0.2) is 0 Å². The van der Waals surface area contributed by atoms with Crippen LogP contribution in [0.25, 0.3) is 0 Å². The summed E-state index contributed by atoms with van der Waals surface area (Å²) in [6, 6.07) is 9.34. The number of benzene rings is 2. The first kappa shape index (κ1) is 30.9. The number of halogens is 9. The number of ether oxygens (including phenoxy) is 2. The topological polar surface area (TPSA) is 63.7 Å². The molecule has 0 bridgehead atoms. The predicted molar refractivity (Wildman–Crippen MR) is 130 cm³/mol.